The Kier molecular flexibility index (Phi) is 4.77. The third-order valence-electron chi connectivity index (χ3n) is 4.44. The van der Waals surface area contributed by atoms with Crippen molar-refractivity contribution < 1.29 is 14.3 Å². The highest BCUT2D eigenvalue weighted by Crippen LogP contribution is 2.34. The number of hydrogen-bond donors (Lipinski definition) is 3. The summed E-state index contributed by atoms with van der Waals surface area (Å²) in [5.41, 5.74) is 2.06. The van der Waals surface area contributed by atoms with Gasteiger partial charge in [0, 0.05) is 35.5 Å². The fourth-order valence-electron chi connectivity index (χ4n) is 2.97. The van der Waals surface area contributed by atoms with Crippen molar-refractivity contribution in [2.24, 2.45) is 0 Å². The molecule has 0 spiro atoms. The minimum Gasteiger partial charge on any atom is -0.454 e. The van der Waals surface area contributed by atoms with Crippen molar-refractivity contribution in [3.8, 4) is 17.3 Å². The third-order valence-corrected chi connectivity index (χ3v) is 4.44. The number of hydrogen-bond acceptors (Lipinski definition) is 7. The van der Waals surface area contributed by atoms with Gasteiger partial charge in [0.1, 0.15) is 0 Å². The second kappa shape index (κ2) is 8.03. The number of ether oxygens (including phenoxy) is 2. The van der Waals surface area contributed by atoms with Crippen molar-refractivity contribution in [3.63, 3.8) is 0 Å². The van der Waals surface area contributed by atoms with Crippen molar-refractivity contribution in [2.45, 2.75) is 0 Å². The summed E-state index contributed by atoms with van der Waals surface area (Å²) in [6, 6.07) is 17.5. The Bertz CT molecular complexity index is 1190. The minimum absolute atomic E-state index is 0.186. The van der Waals surface area contributed by atoms with Crippen LogP contribution in [0.3, 0.4) is 0 Å². The molecule has 0 unspecified atom stereocenters. The van der Waals surface area contributed by atoms with Crippen LogP contribution in [-0.2, 0) is 0 Å². The molecule has 0 saturated carbocycles. The molecule has 0 atom stereocenters. The standard InChI is InChI=1S/C21H17N7O3/c29-21(25-16-6-7-17-18(12-16)31-13-30-17)24-15-4-2-14(3-5-15)23-19-8-9-20(27-26-19)28-11-1-10-22-28/h1-12H,13H2,(H,23,26)(H2,24,25,29). The molecule has 4 aromatic rings. The number of carbonyl (C=O) groups excluding carboxylic acids is 1. The van der Waals surface area contributed by atoms with Crippen LogP contribution in [0, 0.1) is 0 Å². The molecule has 3 heterocycles. The van der Waals surface area contributed by atoms with E-state index >= 15 is 0 Å². The second-order valence-electron chi connectivity index (χ2n) is 6.58. The number of amides is 2. The van der Waals surface area contributed by atoms with Crippen LogP contribution in [0.5, 0.6) is 11.5 Å². The molecule has 0 fully saturated rings. The molecule has 2 aromatic heterocycles. The van der Waals surface area contributed by atoms with Gasteiger partial charge in [-0.25, -0.2) is 9.48 Å². The number of carbonyl (C=O) groups is 1. The zero-order valence-electron chi connectivity index (χ0n) is 16.1. The first-order chi connectivity index (χ1) is 15.2. The number of fused-ring (bicyclic) bond motifs is 1. The lowest BCUT2D eigenvalue weighted by molar-refractivity contribution is 0.174. The van der Waals surface area contributed by atoms with Crippen molar-refractivity contribution in [1.29, 1.82) is 0 Å². The number of aromatic nitrogens is 4. The lowest BCUT2D eigenvalue weighted by Gasteiger charge is -2.10. The molecule has 1 aliphatic heterocycles. The molecule has 1 aliphatic rings. The summed E-state index contributed by atoms with van der Waals surface area (Å²) >= 11 is 0. The number of rotatable bonds is 5. The van der Waals surface area contributed by atoms with E-state index < -0.39 is 0 Å². The minimum atomic E-state index is -0.361. The van der Waals surface area contributed by atoms with E-state index in [2.05, 4.69) is 31.2 Å². The van der Waals surface area contributed by atoms with E-state index in [1.807, 2.05) is 30.3 Å². The Morgan fingerprint density at radius 2 is 1.65 bits per heavy atom. The molecule has 0 saturated heterocycles. The lowest BCUT2D eigenvalue weighted by atomic mass is 10.2. The largest absolute Gasteiger partial charge is 0.454 e. The molecule has 0 bridgehead atoms. The predicted octanol–water partition coefficient (Wildman–Crippen LogP) is 3.78. The van der Waals surface area contributed by atoms with Gasteiger partial charge in [0.2, 0.25) is 6.79 Å². The van der Waals surface area contributed by atoms with Gasteiger partial charge >= 0.3 is 6.03 Å². The van der Waals surface area contributed by atoms with Crippen LogP contribution >= 0.6 is 0 Å². The Morgan fingerprint density at radius 1 is 0.871 bits per heavy atom. The van der Waals surface area contributed by atoms with Crippen LogP contribution in [0.2, 0.25) is 0 Å². The first kappa shape index (κ1) is 18.4. The summed E-state index contributed by atoms with van der Waals surface area (Å²) < 4.78 is 12.2. The maximum absolute atomic E-state index is 12.3. The molecular formula is C21H17N7O3. The Morgan fingerprint density at radius 3 is 2.42 bits per heavy atom. The molecule has 10 heteroatoms. The first-order valence-electron chi connectivity index (χ1n) is 9.41. The van der Waals surface area contributed by atoms with E-state index in [1.165, 1.54) is 0 Å². The molecule has 3 N–H and O–H groups in total. The van der Waals surface area contributed by atoms with E-state index in [4.69, 9.17) is 9.47 Å². The van der Waals surface area contributed by atoms with Crippen molar-refractivity contribution in [2.75, 3.05) is 22.7 Å². The molecule has 0 radical (unpaired) electrons. The van der Waals surface area contributed by atoms with Crippen LogP contribution in [0.4, 0.5) is 27.7 Å². The van der Waals surface area contributed by atoms with Crippen LogP contribution < -0.4 is 25.4 Å². The van der Waals surface area contributed by atoms with E-state index in [-0.39, 0.29) is 12.8 Å². The summed E-state index contributed by atoms with van der Waals surface area (Å²) in [6.45, 7) is 0.186. The maximum Gasteiger partial charge on any atom is 0.323 e. The molecule has 31 heavy (non-hydrogen) atoms. The summed E-state index contributed by atoms with van der Waals surface area (Å²) in [5, 5.41) is 21.1. The second-order valence-corrected chi connectivity index (χ2v) is 6.58. The zero-order valence-corrected chi connectivity index (χ0v) is 16.1. The van der Waals surface area contributed by atoms with Gasteiger partial charge in [0.15, 0.2) is 23.1 Å². The number of urea groups is 1. The molecular weight excluding hydrogens is 398 g/mol. The molecule has 2 aromatic carbocycles. The lowest BCUT2D eigenvalue weighted by Crippen LogP contribution is -2.19. The van der Waals surface area contributed by atoms with Crippen molar-refractivity contribution in [1.82, 2.24) is 20.0 Å². The molecule has 0 aliphatic carbocycles. The average molecular weight is 415 g/mol. The van der Waals surface area contributed by atoms with E-state index in [9.17, 15) is 4.79 Å². The van der Waals surface area contributed by atoms with Gasteiger partial charge < -0.3 is 25.4 Å². The Labute approximate surface area is 176 Å². The van der Waals surface area contributed by atoms with E-state index in [1.54, 1.807) is 47.4 Å². The van der Waals surface area contributed by atoms with Crippen LogP contribution in [0.15, 0.2) is 73.1 Å². The Hall–Kier alpha value is -4.60. The SMILES string of the molecule is O=C(Nc1ccc(Nc2ccc(-n3cccn3)nn2)cc1)Nc1ccc2c(c1)OCO2. The zero-order chi connectivity index (χ0) is 21.0. The highest BCUT2D eigenvalue weighted by Gasteiger charge is 2.14. The van der Waals surface area contributed by atoms with E-state index in [0.29, 0.717) is 34.5 Å². The molecule has 154 valence electrons. The van der Waals surface area contributed by atoms with Crippen LogP contribution in [0.1, 0.15) is 0 Å². The highest BCUT2D eigenvalue weighted by atomic mass is 16.7. The molecule has 5 rings (SSSR count). The summed E-state index contributed by atoms with van der Waals surface area (Å²) in [6.07, 6.45) is 3.48. The highest BCUT2D eigenvalue weighted by molar-refractivity contribution is 6.00. The number of nitrogens with one attached hydrogen (secondary N) is 3. The third kappa shape index (κ3) is 4.22. The van der Waals surface area contributed by atoms with E-state index in [0.717, 1.165) is 5.69 Å². The average Bonchev–Trinajstić information content (AvgIpc) is 3.47. The first-order valence-corrected chi connectivity index (χ1v) is 9.41. The number of anilines is 4. The van der Waals surface area contributed by atoms with Gasteiger partial charge in [0.05, 0.1) is 0 Å². The number of benzene rings is 2. The topological polar surface area (TPSA) is 115 Å². The fourth-order valence-corrected chi connectivity index (χ4v) is 2.97. The summed E-state index contributed by atoms with van der Waals surface area (Å²) in [7, 11) is 0. The van der Waals surface area contributed by atoms with Crippen LogP contribution in [-0.4, -0.2) is 32.8 Å². The van der Waals surface area contributed by atoms with Gasteiger partial charge in [-0.1, -0.05) is 0 Å². The summed E-state index contributed by atoms with van der Waals surface area (Å²) in [4.78, 5) is 12.3. The quantitative estimate of drug-likeness (QED) is 0.454. The maximum atomic E-state index is 12.3. The van der Waals surface area contributed by atoms with Gasteiger partial charge in [-0.15, -0.1) is 10.2 Å². The monoisotopic (exact) mass is 415 g/mol. The van der Waals surface area contributed by atoms with Gasteiger partial charge in [0.25, 0.3) is 0 Å². The predicted molar refractivity (Wildman–Crippen MR) is 114 cm³/mol. The normalized spacial score (nSPS) is 11.7. The van der Waals surface area contributed by atoms with Gasteiger partial charge in [-0.3, -0.25) is 0 Å². The number of nitrogens with zero attached hydrogens (tertiary/aromatic N) is 4. The van der Waals surface area contributed by atoms with Gasteiger partial charge in [-0.2, -0.15) is 5.10 Å². The molecule has 10 nitrogen and oxygen atoms in total. The smallest absolute Gasteiger partial charge is 0.323 e. The Balaban J connectivity index is 1.17. The van der Waals surface area contributed by atoms with Gasteiger partial charge in [-0.05, 0) is 54.6 Å². The fraction of sp³-hybridized carbons (Fsp3) is 0.0476. The van der Waals surface area contributed by atoms with Crippen LogP contribution in [0.25, 0.3) is 5.82 Å². The van der Waals surface area contributed by atoms with Crippen molar-refractivity contribution in [3.05, 3.63) is 73.1 Å². The summed E-state index contributed by atoms with van der Waals surface area (Å²) in [5.74, 6) is 2.49. The van der Waals surface area contributed by atoms with Crippen molar-refractivity contribution >= 4 is 28.9 Å². The molecule has 2 amide bonds.